The number of urea groups is 1. The van der Waals surface area contributed by atoms with Crippen LogP contribution in [0.15, 0.2) is 41.6 Å². The number of benzene rings is 1. The maximum atomic E-state index is 12.7. The van der Waals surface area contributed by atoms with Crippen LogP contribution in [-0.4, -0.2) is 103 Å². The Morgan fingerprint density at radius 2 is 1.92 bits per heavy atom. The first-order chi connectivity index (χ1) is 17.5. The summed E-state index contributed by atoms with van der Waals surface area (Å²) in [7, 11) is 0. The Kier molecular flexibility index (Phi) is 9.62. The number of morpholine rings is 1. The fraction of sp³-hybridized carbons (Fsp3) is 0.500. The van der Waals surface area contributed by atoms with Crippen LogP contribution in [0.1, 0.15) is 6.92 Å². The normalized spacial score (nSPS) is 18.7. The number of nitrogens with zero attached hydrogens (tertiary/aromatic N) is 5. The van der Waals surface area contributed by atoms with Gasteiger partial charge in [-0.25, -0.2) is 14.8 Å². The molecule has 4 rings (SSSR count). The van der Waals surface area contributed by atoms with Crippen LogP contribution in [0.25, 0.3) is 0 Å². The SMILES string of the molecule is CC1CN(c2cc(Cl)nc(SCC(=O)NCCN3CCOCC3)n2)CCN1C(=O)Nc1ccccc1. The van der Waals surface area contributed by atoms with E-state index < -0.39 is 0 Å². The summed E-state index contributed by atoms with van der Waals surface area (Å²) in [6, 6.07) is 11.0. The standard InChI is InChI=1S/C24H32ClN7O3S/c1-18-16-31(9-10-32(18)24(34)27-19-5-3-2-4-6-19)21-15-20(25)28-23(29-21)36-17-22(33)26-7-8-30-11-13-35-14-12-30/h2-6,15,18H,7-14,16-17H2,1H3,(H,26,33)(H,27,34). The second-order valence-corrected chi connectivity index (χ2v) is 10.0. The number of thioether (sulfide) groups is 1. The van der Waals surface area contributed by atoms with Gasteiger partial charge in [0.1, 0.15) is 11.0 Å². The van der Waals surface area contributed by atoms with E-state index in [0.29, 0.717) is 42.3 Å². The van der Waals surface area contributed by atoms with E-state index in [-0.39, 0.29) is 23.7 Å². The first-order valence-corrected chi connectivity index (χ1v) is 13.5. The summed E-state index contributed by atoms with van der Waals surface area (Å²) in [4.78, 5) is 40.1. The minimum Gasteiger partial charge on any atom is -0.379 e. The van der Waals surface area contributed by atoms with Crippen LogP contribution in [0.2, 0.25) is 5.15 Å². The van der Waals surface area contributed by atoms with E-state index in [4.69, 9.17) is 16.3 Å². The number of piperazine rings is 1. The number of amides is 3. The quantitative estimate of drug-likeness (QED) is 0.303. The van der Waals surface area contributed by atoms with Crippen molar-refractivity contribution in [2.24, 2.45) is 0 Å². The van der Waals surface area contributed by atoms with Crippen molar-refractivity contribution in [3.63, 3.8) is 0 Å². The van der Waals surface area contributed by atoms with E-state index >= 15 is 0 Å². The number of ether oxygens (including phenoxy) is 1. The molecule has 2 aliphatic heterocycles. The van der Waals surface area contributed by atoms with Crippen molar-refractivity contribution in [1.29, 1.82) is 0 Å². The van der Waals surface area contributed by atoms with Gasteiger partial charge in [-0.3, -0.25) is 9.69 Å². The summed E-state index contributed by atoms with van der Waals surface area (Å²) in [5.41, 5.74) is 0.770. The molecular weight excluding hydrogens is 502 g/mol. The highest BCUT2D eigenvalue weighted by molar-refractivity contribution is 7.99. The highest BCUT2D eigenvalue weighted by Crippen LogP contribution is 2.24. The zero-order valence-electron chi connectivity index (χ0n) is 20.4. The molecule has 0 aliphatic carbocycles. The highest BCUT2D eigenvalue weighted by Gasteiger charge is 2.28. The predicted molar refractivity (Wildman–Crippen MR) is 142 cm³/mol. The fourth-order valence-corrected chi connectivity index (χ4v) is 5.07. The Hall–Kier alpha value is -2.60. The molecule has 3 heterocycles. The van der Waals surface area contributed by atoms with Gasteiger partial charge in [0.05, 0.1) is 19.0 Å². The Balaban J connectivity index is 1.25. The van der Waals surface area contributed by atoms with Crippen molar-refractivity contribution in [2.75, 3.05) is 75.0 Å². The lowest BCUT2D eigenvalue weighted by atomic mass is 10.2. The fourth-order valence-electron chi connectivity index (χ4n) is 4.16. The molecule has 1 aromatic carbocycles. The second-order valence-electron chi connectivity index (χ2n) is 8.71. The molecule has 0 radical (unpaired) electrons. The Bertz CT molecular complexity index is 1030. The van der Waals surface area contributed by atoms with Gasteiger partial charge in [0.2, 0.25) is 5.91 Å². The average molecular weight is 534 g/mol. The maximum absolute atomic E-state index is 12.7. The van der Waals surface area contributed by atoms with Gasteiger partial charge in [0, 0.05) is 63.6 Å². The number of aromatic nitrogens is 2. The molecule has 2 fully saturated rings. The van der Waals surface area contributed by atoms with Crippen molar-refractivity contribution in [3.05, 3.63) is 41.6 Å². The molecule has 12 heteroatoms. The predicted octanol–water partition coefficient (Wildman–Crippen LogP) is 2.41. The lowest BCUT2D eigenvalue weighted by Crippen LogP contribution is -2.55. The lowest BCUT2D eigenvalue weighted by molar-refractivity contribution is -0.118. The smallest absolute Gasteiger partial charge is 0.322 e. The van der Waals surface area contributed by atoms with Crippen molar-refractivity contribution < 1.29 is 14.3 Å². The number of carbonyl (C=O) groups excluding carboxylic acids is 2. The zero-order chi connectivity index (χ0) is 25.3. The van der Waals surface area contributed by atoms with Crippen molar-refractivity contribution >= 4 is 46.8 Å². The van der Waals surface area contributed by atoms with E-state index in [1.165, 1.54) is 11.8 Å². The molecule has 1 aromatic heterocycles. The van der Waals surface area contributed by atoms with Crippen LogP contribution in [-0.2, 0) is 9.53 Å². The number of carbonyl (C=O) groups is 2. The second kappa shape index (κ2) is 13.1. The summed E-state index contributed by atoms with van der Waals surface area (Å²) >= 11 is 7.54. The molecule has 2 N–H and O–H groups in total. The molecule has 1 atom stereocenters. The van der Waals surface area contributed by atoms with Gasteiger partial charge in [0.25, 0.3) is 0 Å². The number of hydrogen-bond acceptors (Lipinski definition) is 8. The monoisotopic (exact) mass is 533 g/mol. The zero-order valence-corrected chi connectivity index (χ0v) is 21.9. The van der Waals surface area contributed by atoms with Crippen LogP contribution in [0.4, 0.5) is 16.3 Å². The summed E-state index contributed by atoms with van der Waals surface area (Å²) in [6.07, 6.45) is 0. The number of hydrogen-bond donors (Lipinski definition) is 2. The molecule has 0 saturated carbocycles. The third kappa shape index (κ3) is 7.70. The van der Waals surface area contributed by atoms with Crippen LogP contribution in [0.3, 0.4) is 0 Å². The number of nitrogens with one attached hydrogen (secondary N) is 2. The van der Waals surface area contributed by atoms with E-state index in [9.17, 15) is 9.59 Å². The lowest BCUT2D eigenvalue weighted by Gasteiger charge is -2.40. The van der Waals surface area contributed by atoms with Gasteiger partial charge in [-0.05, 0) is 19.1 Å². The molecule has 0 bridgehead atoms. The first kappa shape index (κ1) is 26.5. The van der Waals surface area contributed by atoms with Gasteiger partial charge >= 0.3 is 6.03 Å². The highest BCUT2D eigenvalue weighted by atomic mass is 35.5. The van der Waals surface area contributed by atoms with E-state index in [0.717, 1.165) is 38.5 Å². The minimum atomic E-state index is -0.120. The molecule has 3 amide bonds. The van der Waals surface area contributed by atoms with E-state index in [1.807, 2.05) is 42.2 Å². The molecule has 36 heavy (non-hydrogen) atoms. The first-order valence-electron chi connectivity index (χ1n) is 12.1. The summed E-state index contributed by atoms with van der Waals surface area (Å²) in [6.45, 7) is 8.48. The van der Waals surface area contributed by atoms with Crippen LogP contribution < -0.4 is 15.5 Å². The van der Waals surface area contributed by atoms with Crippen molar-refractivity contribution in [3.8, 4) is 0 Å². The number of anilines is 2. The maximum Gasteiger partial charge on any atom is 0.322 e. The third-order valence-electron chi connectivity index (χ3n) is 6.08. The topological polar surface area (TPSA) is 103 Å². The largest absolute Gasteiger partial charge is 0.379 e. The summed E-state index contributed by atoms with van der Waals surface area (Å²) < 4.78 is 5.34. The molecule has 2 aliphatic rings. The molecule has 1 unspecified atom stereocenters. The minimum absolute atomic E-state index is 0.0236. The number of para-hydroxylation sites is 1. The molecule has 0 spiro atoms. The third-order valence-corrected chi connectivity index (χ3v) is 7.13. The molecular formula is C24H32ClN7O3S. The van der Waals surface area contributed by atoms with Crippen LogP contribution in [0, 0.1) is 0 Å². The number of halogens is 1. The Morgan fingerprint density at radius 1 is 1.14 bits per heavy atom. The van der Waals surface area contributed by atoms with Crippen molar-refractivity contribution in [1.82, 2.24) is 25.1 Å². The molecule has 2 saturated heterocycles. The summed E-state index contributed by atoms with van der Waals surface area (Å²) in [5, 5.41) is 6.68. The van der Waals surface area contributed by atoms with Gasteiger partial charge < -0.3 is 25.2 Å². The van der Waals surface area contributed by atoms with E-state index in [1.54, 1.807) is 6.07 Å². The van der Waals surface area contributed by atoms with Gasteiger partial charge in [-0.1, -0.05) is 41.6 Å². The van der Waals surface area contributed by atoms with Crippen LogP contribution in [0.5, 0.6) is 0 Å². The van der Waals surface area contributed by atoms with Gasteiger partial charge in [0.15, 0.2) is 5.16 Å². The van der Waals surface area contributed by atoms with Gasteiger partial charge in [-0.2, -0.15) is 0 Å². The van der Waals surface area contributed by atoms with E-state index in [2.05, 4.69) is 30.4 Å². The average Bonchev–Trinajstić information content (AvgIpc) is 2.88. The Morgan fingerprint density at radius 3 is 2.67 bits per heavy atom. The summed E-state index contributed by atoms with van der Waals surface area (Å²) in [5.74, 6) is 0.845. The molecule has 194 valence electrons. The number of rotatable bonds is 8. The van der Waals surface area contributed by atoms with Crippen molar-refractivity contribution in [2.45, 2.75) is 18.1 Å². The van der Waals surface area contributed by atoms with Crippen LogP contribution >= 0.6 is 23.4 Å². The Labute approximate surface area is 220 Å². The van der Waals surface area contributed by atoms with Gasteiger partial charge in [-0.15, -0.1) is 0 Å². The molecule has 2 aromatic rings. The molecule has 10 nitrogen and oxygen atoms in total.